The Morgan fingerprint density at radius 2 is 1.14 bits per heavy atom. The third-order valence-electron chi connectivity index (χ3n) is 3.10. The predicted molar refractivity (Wildman–Crippen MR) is 115 cm³/mol. The first kappa shape index (κ1) is 32.6. The molecule has 0 radical (unpaired) electrons. The van der Waals surface area contributed by atoms with Crippen LogP contribution in [0.4, 0.5) is 42.0 Å². The average Bonchev–Trinajstić information content (AvgIpc) is 2.59. The van der Waals surface area contributed by atoms with Crippen molar-refractivity contribution in [2.75, 3.05) is 19.7 Å². The zero-order chi connectivity index (χ0) is 27.2. The van der Waals surface area contributed by atoms with Crippen molar-refractivity contribution >= 4 is 46.7 Å². The Bertz CT molecular complexity index is 1200. The lowest BCUT2D eigenvalue weighted by atomic mass is 10.4. The molecule has 0 fully saturated rings. The van der Waals surface area contributed by atoms with Gasteiger partial charge in [0.2, 0.25) is 0 Å². The zero-order valence-corrected chi connectivity index (χ0v) is 22.5. The van der Waals surface area contributed by atoms with Crippen molar-refractivity contribution in [1.82, 2.24) is 4.67 Å². The smallest absolute Gasteiger partial charge is 0.302 e. The minimum atomic E-state index is -5.71. The maximum absolute atomic E-state index is 14.4. The molecule has 0 N–H and O–H groups in total. The summed E-state index contributed by atoms with van der Waals surface area (Å²) in [7, 11) is -32.6. The molecule has 2 rings (SSSR count). The van der Waals surface area contributed by atoms with E-state index >= 15 is 0 Å². The lowest BCUT2D eigenvalue weighted by Crippen LogP contribution is -2.20. The van der Waals surface area contributed by atoms with Gasteiger partial charge in [-0.05, 0) is 6.42 Å². The lowest BCUT2D eigenvalue weighted by Gasteiger charge is -2.27. The molecule has 0 aliphatic carbocycles. The molecule has 0 saturated carbocycles. The molecule has 0 bridgehead atoms. The average molecular weight is 641 g/mol. The minimum absolute atomic E-state index is 0.0705. The van der Waals surface area contributed by atoms with Gasteiger partial charge in [-0.15, -0.1) is 60.7 Å². The zero-order valence-electron chi connectivity index (χ0n) is 17.1. The van der Waals surface area contributed by atoms with Crippen LogP contribution in [0.25, 0.3) is 0 Å². The molecule has 0 aromatic rings. The van der Waals surface area contributed by atoms with Crippen LogP contribution in [0.5, 0.6) is 0 Å². The number of nitrogens with zero attached hydrogens (tertiary/aromatic N) is 9. The van der Waals surface area contributed by atoms with Crippen LogP contribution in [-0.4, -0.2) is 24.4 Å². The molecule has 2 atom stereocenters. The first-order valence-corrected chi connectivity index (χ1v) is 17.7. The molecule has 2 heterocycles. The molecule has 35 heavy (non-hydrogen) atoms. The fourth-order valence-corrected chi connectivity index (χ4v) is 13.7. The summed E-state index contributed by atoms with van der Waals surface area (Å²) >= 11 is 0. The van der Waals surface area contributed by atoms with E-state index in [0.29, 0.717) is 6.42 Å². The Kier molecular flexibility index (Phi) is 11.6. The molecular weight excluding hydrogens is 626 g/mol. The highest BCUT2D eigenvalue weighted by molar-refractivity contribution is 7.78. The Morgan fingerprint density at radius 3 is 1.60 bits per heavy atom. The lowest BCUT2D eigenvalue weighted by molar-refractivity contribution is 0.334. The first-order chi connectivity index (χ1) is 15.8. The Hall–Kier alpha value is -0.420. The van der Waals surface area contributed by atoms with Gasteiger partial charge in [0.25, 0.3) is 0 Å². The molecule has 2 unspecified atom stereocenters. The maximum Gasteiger partial charge on any atom is 0.425 e. The highest BCUT2D eigenvalue weighted by Gasteiger charge is 2.42. The minimum Gasteiger partial charge on any atom is -0.302 e. The van der Waals surface area contributed by atoms with Crippen LogP contribution in [-0.2, 0) is 4.52 Å². The van der Waals surface area contributed by atoms with Gasteiger partial charge in [-0.2, -0.15) is 18.9 Å². The summed E-state index contributed by atoms with van der Waals surface area (Å²) in [5.41, 5.74) is 0. The van der Waals surface area contributed by atoms with E-state index in [1.165, 1.54) is 6.07 Å². The van der Waals surface area contributed by atoms with Crippen molar-refractivity contribution in [1.29, 1.82) is 10.5 Å². The van der Waals surface area contributed by atoms with Crippen LogP contribution >= 0.6 is 46.7 Å². The van der Waals surface area contributed by atoms with Gasteiger partial charge in [-0.25, -0.2) is 4.67 Å². The highest BCUT2D eigenvalue weighted by Crippen LogP contribution is 2.83. The van der Waals surface area contributed by atoms with Crippen LogP contribution < -0.4 is 0 Å². The largest absolute Gasteiger partial charge is 0.425 e. The quantitative estimate of drug-likeness (QED) is 0.148. The summed E-state index contributed by atoms with van der Waals surface area (Å²) in [6.07, 6.45) is -0.170. The summed E-state index contributed by atoms with van der Waals surface area (Å²) in [4.78, 5) is 0. The molecule has 26 heteroatoms. The van der Waals surface area contributed by atoms with Gasteiger partial charge in [0.1, 0.15) is 0 Å². The van der Waals surface area contributed by atoms with Crippen molar-refractivity contribution < 1.29 is 46.5 Å². The van der Waals surface area contributed by atoms with Crippen LogP contribution in [0.2, 0.25) is 0 Å². The van der Waals surface area contributed by atoms with Crippen LogP contribution in [0.1, 0.15) is 26.2 Å². The summed E-state index contributed by atoms with van der Waals surface area (Å²) in [6.45, 7) is 0.675. The molecular formula is C9H15F10N9OP6. The Morgan fingerprint density at radius 1 is 0.657 bits per heavy atom. The van der Waals surface area contributed by atoms with E-state index in [0.717, 1.165) is 4.67 Å². The van der Waals surface area contributed by atoms with Gasteiger partial charge in [0.05, 0.1) is 25.2 Å². The molecule has 0 spiro atoms. The molecule has 10 nitrogen and oxygen atoms in total. The van der Waals surface area contributed by atoms with E-state index in [-0.39, 0.29) is 25.9 Å². The van der Waals surface area contributed by atoms with Crippen molar-refractivity contribution in [3.63, 3.8) is 0 Å². The summed E-state index contributed by atoms with van der Waals surface area (Å²) < 4.78 is 149. The van der Waals surface area contributed by atoms with Gasteiger partial charge in [-0.1, -0.05) is 6.92 Å². The molecule has 2 aliphatic rings. The molecule has 0 amide bonds. The molecule has 0 aromatic heterocycles. The third-order valence-corrected chi connectivity index (χ3v) is 15.2. The van der Waals surface area contributed by atoms with Crippen LogP contribution in [0.15, 0.2) is 27.1 Å². The van der Waals surface area contributed by atoms with E-state index in [1.807, 2.05) is 9.03 Å². The topological polar surface area (TPSA) is 134 Å². The first-order valence-electron chi connectivity index (χ1n) is 8.76. The number of hydrogen-bond donors (Lipinski definition) is 0. The second-order valence-corrected chi connectivity index (χ2v) is 16.6. The fourth-order valence-electron chi connectivity index (χ4n) is 2.08. The summed E-state index contributed by atoms with van der Waals surface area (Å²) in [6, 6.07) is 3.23. The van der Waals surface area contributed by atoms with E-state index < -0.39 is 53.3 Å². The normalized spacial score (nSPS) is 29.1. The standard InChI is InChI=1S/C6H11F5N5P3.C3H4F5N4OP3/c1-2-5-16(6-3-4-12)19(11)14-17(7,8)13-18(9,10)15-19;4-14(5)10-15(6,7)12-16(8,11-14)13-3-1-2-9/h2-3,5-6H2,1H3;1,3H2. The van der Waals surface area contributed by atoms with Gasteiger partial charge < -0.3 is 4.52 Å². The molecule has 0 aromatic carbocycles. The van der Waals surface area contributed by atoms with Crippen molar-refractivity contribution in [3.05, 3.63) is 0 Å². The van der Waals surface area contributed by atoms with E-state index in [4.69, 9.17) is 10.5 Å². The number of hydrogen-bond acceptors (Lipinski definition) is 10. The predicted octanol–water partition coefficient (Wildman–Crippen LogP) is 11.9. The van der Waals surface area contributed by atoms with Crippen molar-refractivity contribution in [2.24, 2.45) is 27.1 Å². The Balaban J connectivity index is 0.000000355. The van der Waals surface area contributed by atoms with E-state index in [2.05, 4.69) is 22.6 Å². The van der Waals surface area contributed by atoms with Gasteiger partial charge >= 0.3 is 46.7 Å². The Labute approximate surface area is 194 Å². The van der Waals surface area contributed by atoms with E-state index in [9.17, 15) is 42.0 Å². The van der Waals surface area contributed by atoms with Gasteiger partial charge in [-0.3, -0.25) is 0 Å². The number of rotatable bonds is 8. The second kappa shape index (κ2) is 12.4. The SMILES string of the molecule is CCCN(CCC#N)P1(F)=NP(F)(F)=NP(F)(F)=N1.N#CCCOP1(F)=NP(F)(F)=NP(F)(F)=N1. The highest BCUT2D eigenvalue weighted by atomic mass is 31.3. The summed E-state index contributed by atoms with van der Waals surface area (Å²) in [5.74, 6) is 0. The van der Waals surface area contributed by atoms with Crippen molar-refractivity contribution in [3.8, 4) is 12.1 Å². The molecule has 2 aliphatic heterocycles. The van der Waals surface area contributed by atoms with Crippen molar-refractivity contribution in [2.45, 2.75) is 26.2 Å². The monoisotopic (exact) mass is 641 g/mol. The van der Waals surface area contributed by atoms with Gasteiger partial charge in [0.15, 0.2) is 0 Å². The maximum atomic E-state index is 14.4. The van der Waals surface area contributed by atoms with Crippen LogP contribution in [0, 0.1) is 22.7 Å². The molecule has 0 saturated heterocycles. The third kappa shape index (κ3) is 11.2. The number of nitriles is 2. The fraction of sp³-hybridized carbons (Fsp3) is 0.778. The summed E-state index contributed by atoms with van der Waals surface area (Å²) in [5, 5.41) is 16.5. The molecule has 202 valence electrons. The second-order valence-electron chi connectivity index (χ2n) is 5.93. The van der Waals surface area contributed by atoms with E-state index in [1.54, 1.807) is 13.0 Å². The van der Waals surface area contributed by atoms with Gasteiger partial charge in [0, 0.05) is 19.5 Å². The number of halogens is 10. The van der Waals surface area contributed by atoms with Crippen LogP contribution in [0.3, 0.4) is 0 Å².